The summed E-state index contributed by atoms with van der Waals surface area (Å²) in [6.45, 7) is 4.72. The monoisotopic (exact) mass is 895 g/mol. The van der Waals surface area contributed by atoms with E-state index in [1.165, 1.54) is 44.1 Å². The Hall–Kier alpha value is -9.06. The van der Waals surface area contributed by atoms with E-state index in [0.29, 0.717) is 0 Å². The van der Waals surface area contributed by atoms with Crippen molar-refractivity contribution in [2.24, 2.45) is 0 Å². The SMILES string of the molecule is CC1(C)c2ccccc2-c2cc3c4cc(-c5cc(-c6cccc(-c7cccc(-c8ccncc8)n7)c6)cc(-c6cccc(-c7cccc(-c8ccncc8)n7)c6)c5)ccc4n(-c4ccccc4)c3cc21. The molecule has 5 nitrogen and oxygen atoms in total. The van der Waals surface area contributed by atoms with Crippen molar-refractivity contribution in [2.75, 3.05) is 0 Å². The molecule has 5 heterocycles. The second-order valence-electron chi connectivity index (χ2n) is 18.7. The van der Waals surface area contributed by atoms with E-state index in [0.717, 1.165) is 84.1 Å². The standard InChI is InChI=1S/C65H45N5/c1-65(2)57-19-7-6-18-53(57)54-40-56-55-39-46(24-25-63(55)70(64(56)41-58(54)65)52-16-4-3-5-17-52)51-37-49(44-12-8-14-47(34-44)61-22-10-20-59(68-61)42-26-30-66-31-27-42)36-50(38-51)45-13-9-15-48(35-45)62-23-11-21-60(69-62)43-28-32-67-33-29-43/h3-41H,1-2H3. The number of hydrogen-bond donors (Lipinski definition) is 0. The molecule has 0 N–H and O–H groups in total. The summed E-state index contributed by atoms with van der Waals surface area (Å²) >= 11 is 0. The van der Waals surface area contributed by atoms with Crippen LogP contribution in [0, 0.1) is 0 Å². The molecule has 0 fully saturated rings. The van der Waals surface area contributed by atoms with Gasteiger partial charge in [-0.25, -0.2) is 9.97 Å². The summed E-state index contributed by atoms with van der Waals surface area (Å²) in [6.07, 6.45) is 7.24. The van der Waals surface area contributed by atoms with Crippen molar-refractivity contribution in [3.05, 3.63) is 248 Å². The van der Waals surface area contributed by atoms with Gasteiger partial charge in [0.05, 0.1) is 33.8 Å². The predicted octanol–water partition coefficient (Wildman–Crippen LogP) is 16.3. The lowest BCUT2D eigenvalue weighted by molar-refractivity contribution is 0.661. The Morgan fingerprint density at radius 1 is 0.314 bits per heavy atom. The van der Waals surface area contributed by atoms with Crippen molar-refractivity contribution in [2.45, 2.75) is 19.3 Å². The maximum absolute atomic E-state index is 5.12. The first kappa shape index (κ1) is 41.2. The molecule has 5 heteroatoms. The number of rotatable bonds is 8. The van der Waals surface area contributed by atoms with Gasteiger partial charge in [0.15, 0.2) is 0 Å². The summed E-state index contributed by atoms with van der Waals surface area (Å²) in [4.78, 5) is 18.7. The molecule has 70 heavy (non-hydrogen) atoms. The molecular weight excluding hydrogens is 851 g/mol. The summed E-state index contributed by atoms with van der Waals surface area (Å²) in [6, 6.07) is 76.7. The highest BCUT2D eigenvalue weighted by molar-refractivity contribution is 6.13. The molecule has 0 spiro atoms. The van der Waals surface area contributed by atoms with Gasteiger partial charge < -0.3 is 4.57 Å². The molecule has 0 saturated heterocycles. The first-order chi connectivity index (χ1) is 34.4. The third-order valence-electron chi connectivity index (χ3n) is 14.2. The Bertz CT molecular complexity index is 3820. The minimum absolute atomic E-state index is 0.119. The number of hydrogen-bond acceptors (Lipinski definition) is 4. The Morgan fingerprint density at radius 3 is 1.37 bits per heavy atom. The van der Waals surface area contributed by atoms with Crippen LogP contribution in [0.4, 0.5) is 0 Å². The van der Waals surface area contributed by atoms with Crippen molar-refractivity contribution in [3.63, 3.8) is 0 Å². The third-order valence-corrected chi connectivity index (χ3v) is 14.2. The number of nitrogens with zero attached hydrogens (tertiary/aromatic N) is 5. The van der Waals surface area contributed by atoms with Gasteiger partial charge in [0.25, 0.3) is 0 Å². The number of fused-ring (bicyclic) bond motifs is 6. The molecule has 1 aliphatic carbocycles. The van der Waals surface area contributed by atoms with E-state index in [-0.39, 0.29) is 5.41 Å². The van der Waals surface area contributed by atoms with Gasteiger partial charge in [-0.15, -0.1) is 0 Å². The van der Waals surface area contributed by atoms with Crippen LogP contribution < -0.4 is 0 Å². The van der Waals surface area contributed by atoms with Gasteiger partial charge in [-0.05, 0) is 171 Å². The molecule has 0 atom stereocenters. The molecule has 1 aliphatic rings. The zero-order valence-corrected chi connectivity index (χ0v) is 38.8. The molecule has 13 rings (SSSR count). The van der Waals surface area contributed by atoms with Crippen LogP contribution in [0.25, 0.3) is 117 Å². The van der Waals surface area contributed by atoms with Crippen molar-refractivity contribution >= 4 is 21.8 Å². The highest BCUT2D eigenvalue weighted by atomic mass is 15.0. The normalized spacial score (nSPS) is 12.5. The minimum Gasteiger partial charge on any atom is -0.309 e. The van der Waals surface area contributed by atoms with Crippen LogP contribution >= 0.6 is 0 Å². The van der Waals surface area contributed by atoms with Crippen LogP contribution in [-0.2, 0) is 5.41 Å². The van der Waals surface area contributed by atoms with Gasteiger partial charge in [-0.1, -0.05) is 111 Å². The molecule has 0 amide bonds. The molecule has 0 bridgehead atoms. The van der Waals surface area contributed by atoms with E-state index in [1.54, 1.807) is 0 Å². The van der Waals surface area contributed by atoms with E-state index in [2.05, 4.69) is 216 Å². The average molecular weight is 896 g/mol. The molecule has 12 aromatic rings. The highest BCUT2D eigenvalue weighted by Crippen LogP contribution is 2.51. The largest absolute Gasteiger partial charge is 0.309 e. The van der Waals surface area contributed by atoms with Crippen LogP contribution in [0.1, 0.15) is 25.0 Å². The van der Waals surface area contributed by atoms with Crippen LogP contribution in [-0.4, -0.2) is 24.5 Å². The maximum Gasteiger partial charge on any atom is 0.0710 e. The second kappa shape index (κ2) is 16.6. The fourth-order valence-electron chi connectivity index (χ4n) is 10.6. The van der Waals surface area contributed by atoms with Crippen LogP contribution in [0.2, 0.25) is 0 Å². The van der Waals surface area contributed by atoms with Gasteiger partial charge in [0.2, 0.25) is 0 Å². The number of pyridine rings is 4. The molecule has 0 saturated carbocycles. The third kappa shape index (κ3) is 7.10. The lowest BCUT2D eigenvalue weighted by Crippen LogP contribution is -2.14. The zero-order valence-electron chi connectivity index (χ0n) is 38.8. The fraction of sp³-hybridized carbons (Fsp3) is 0.0462. The van der Waals surface area contributed by atoms with Gasteiger partial charge in [-0.3, -0.25) is 9.97 Å². The van der Waals surface area contributed by atoms with Crippen molar-refractivity contribution in [3.8, 4) is 95.2 Å². The van der Waals surface area contributed by atoms with E-state index in [4.69, 9.17) is 9.97 Å². The molecule has 330 valence electrons. The lowest BCUT2D eigenvalue weighted by atomic mass is 9.82. The van der Waals surface area contributed by atoms with E-state index >= 15 is 0 Å². The smallest absolute Gasteiger partial charge is 0.0710 e. The first-order valence-corrected chi connectivity index (χ1v) is 23.8. The molecule has 5 aromatic heterocycles. The summed E-state index contributed by atoms with van der Waals surface area (Å²) < 4.78 is 2.45. The summed E-state index contributed by atoms with van der Waals surface area (Å²) in [5.74, 6) is 0. The fourth-order valence-corrected chi connectivity index (χ4v) is 10.6. The predicted molar refractivity (Wildman–Crippen MR) is 288 cm³/mol. The number of para-hydroxylation sites is 1. The van der Waals surface area contributed by atoms with E-state index < -0.39 is 0 Å². The summed E-state index contributed by atoms with van der Waals surface area (Å²) in [5, 5.41) is 2.46. The van der Waals surface area contributed by atoms with Crippen LogP contribution in [0.15, 0.2) is 237 Å². The molecular formula is C65H45N5. The van der Waals surface area contributed by atoms with E-state index in [1.807, 2.05) is 49.1 Å². The van der Waals surface area contributed by atoms with Crippen LogP contribution in [0.5, 0.6) is 0 Å². The number of aromatic nitrogens is 5. The molecule has 0 aliphatic heterocycles. The topological polar surface area (TPSA) is 56.5 Å². The Labute approximate surface area is 407 Å². The highest BCUT2D eigenvalue weighted by Gasteiger charge is 2.36. The molecule has 0 radical (unpaired) electrons. The molecule has 7 aromatic carbocycles. The lowest BCUT2D eigenvalue weighted by Gasteiger charge is -2.21. The minimum atomic E-state index is -0.119. The van der Waals surface area contributed by atoms with Crippen LogP contribution in [0.3, 0.4) is 0 Å². The number of benzene rings is 7. The van der Waals surface area contributed by atoms with Crippen molar-refractivity contribution < 1.29 is 0 Å². The summed E-state index contributed by atoms with van der Waals surface area (Å²) in [7, 11) is 0. The quantitative estimate of drug-likeness (QED) is 0.152. The average Bonchev–Trinajstić information content (AvgIpc) is 3.87. The Balaban J connectivity index is 0.990. The zero-order chi connectivity index (χ0) is 46.8. The van der Waals surface area contributed by atoms with Gasteiger partial charge >= 0.3 is 0 Å². The Kier molecular flexibility index (Phi) is 9.77. The van der Waals surface area contributed by atoms with Gasteiger partial charge in [0, 0.05) is 68.9 Å². The maximum atomic E-state index is 5.12. The van der Waals surface area contributed by atoms with E-state index in [9.17, 15) is 0 Å². The van der Waals surface area contributed by atoms with Gasteiger partial charge in [0.1, 0.15) is 0 Å². The molecule has 0 unspecified atom stereocenters. The van der Waals surface area contributed by atoms with Crippen molar-refractivity contribution in [1.82, 2.24) is 24.5 Å². The van der Waals surface area contributed by atoms with Crippen molar-refractivity contribution in [1.29, 1.82) is 0 Å². The second-order valence-corrected chi connectivity index (χ2v) is 18.7. The van der Waals surface area contributed by atoms with Gasteiger partial charge in [-0.2, -0.15) is 0 Å². The Morgan fingerprint density at radius 2 is 0.786 bits per heavy atom. The summed E-state index contributed by atoms with van der Waals surface area (Å²) in [5.41, 5.74) is 23.4. The first-order valence-electron chi connectivity index (χ1n) is 23.8.